The number of halogens is 1. The lowest BCUT2D eigenvalue weighted by Crippen LogP contribution is -2.59. The number of rotatable bonds is 6. The van der Waals surface area contributed by atoms with E-state index in [1.165, 1.54) is 11.3 Å². The predicted molar refractivity (Wildman–Crippen MR) is 136 cm³/mol. The van der Waals surface area contributed by atoms with Crippen LogP contribution in [0.1, 0.15) is 44.1 Å². The van der Waals surface area contributed by atoms with Crippen LogP contribution in [-0.4, -0.2) is 54.2 Å². The van der Waals surface area contributed by atoms with Crippen molar-refractivity contribution in [1.82, 2.24) is 10.3 Å². The minimum atomic E-state index is -0.759. The fourth-order valence-electron chi connectivity index (χ4n) is 3.70. The van der Waals surface area contributed by atoms with E-state index in [4.69, 9.17) is 10.5 Å². The fraction of sp³-hybridized carbons (Fsp3) is 0.455. The maximum atomic E-state index is 12.8. The highest BCUT2D eigenvalue weighted by Gasteiger charge is 2.39. The maximum Gasteiger partial charge on any atom is 0.412 e. The Morgan fingerprint density at radius 2 is 1.88 bits per heavy atom. The molecule has 5 N–H and O–H groups in total. The van der Waals surface area contributed by atoms with E-state index in [2.05, 4.69) is 41.8 Å². The van der Waals surface area contributed by atoms with Crippen LogP contribution >= 0.6 is 27.3 Å². The number of piperidine rings is 1. The highest BCUT2D eigenvalue weighted by Crippen LogP contribution is 2.34. The molecule has 2 aromatic rings. The Labute approximate surface area is 210 Å². The Balaban J connectivity index is 1.86. The molecule has 1 fully saturated rings. The number of hydrogen-bond acceptors (Lipinski definition) is 8. The Morgan fingerprint density at radius 1 is 1.21 bits per heavy atom. The summed E-state index contributed by atoms with van der Waals surface area (Å²) in [4.78, 5) is 43.3. The van der Waals surface area contributed by atoms with Crippen molar-refractivity contribution in [3.63, 3.8) is 0 Å². The zero-order valence-corrected chi connectivity index (χ0v) is 21.9. The number of thiazole rings is 1. The summed E-state index contributed by atoms with van der Waals surface area (Å²) in [6.07, 6.45) is 0.436. The van der Waals surface area contributed by atoms with Crippen molar-refractivity contribution in [2.45, 2.75) is 44.8 Å². The first-order chi connectivity index (χ1) is 15.9. The molecule has 0 spiro atoms. The summed E-state index contributed by atoms with van der Waals surface area (Å²) in [5, 5.41) is 10.3. The molecule has 1 aliphatic rings. The van der Waals surface area contributed by atoms with Gasteiger partial charge < -0.3 is 26.0 Å². The van der Waals surface area contributed by atoms with Gasteiger partial charge in [0.1, 0.15) is 16.8 Å². The van der Waals surface area contributed by atoms with Crippen molar-refractivity contribution in [1.29, 1.82) is 0 Å². The van der Waals surface area contributed by atoms with E-state index in [0.29, 0.717) is 41.2 Å². The van der Waals surface area contributed by atoms with Gasteiger partial charge in [0.15, 0.2) is 3.92 Å². The molecule has 2 heterocycles. The van der Waals surface area contributed by atoms with Gasteiger partial charge in [0, 0.05) is 24.2 Å². The molecule has 0 aliphatic carbocycles. The molecule has 184 valence electrons. The molecule has 1 aromatic carbocycles. The second-order valence-corrected chi connectivity index (χ2v) is 11.1. The lowest BCUT2D eigenvalue weighted by Gasteiger charge is -2.41. The molecular weight excluding hydrogens is 524 g/mol. The first-order valence-electron chi connectivity index (χ1n) is 10.7. The maximum absolute atomic E-state index is 12.8. The van der Waals surface area contributed by atoms with Gasteiger partial charge in [-0.3, -0.25) is 14.9 Å². The molecule has 34 heavy (non-hydrogen) atoms. The number of amides is 3. The number of nitrogens with two attached hydrogens (primary N) is 1. The van der Waals surface area contributed by atoms with Crippen LogP contribution in [-0.2, 0) is 9.53 Å². The predicted octanol–water partition coefficient (Wildman–Crippen LogP) is 3.55. The van der Waals surface area contributed by atoms with Crippen molar-refractivity contribution in [2.75, 3.05) is 35.7 Å². The number of ether oxygens (including phenoxy) is 1. The Bertz CT molecular complexity index is 1080. The van der Waals surface area contributed by atoms with Gasteiger partial charge in [0.05, 0.1) is 11.4 Å². The summed E-state index contributed by atoms with van der Waals surface area (Å²) in [5.41, 5.74) is 6.22. The van der Waals surface area contributed by atoms with E-state index in [0.717, 1.165) is 5.69 Å². The van der Waals surface area contributed by atoms with Crippen LogP contribution in [0.2, 0.25) is 0 Å². The summed E-state index contributed by atoms with van der Waals surface area (Å²) in [5.74, 6) is -0.759. The average Bonchev–Trinajstić information content (AvgIpc) is 3.19. The number of primary amides is 1. The van der Waals surface area contributed by atoms with Gasteiger partial charge in [-0.25, -0.2) is 9.78 Å². The molecule has 3 rings (SSSR count). The highest BCUT2D eigenvalue weighted by molar-refractivity contribution is 9.11. The first kappa shape index (κ1) is 25.9. The molecular formula is C22H29BrN6O4S. The largest absolute Gasteiger partial charge is 0.444 e. The van der Waals surface area contributed by atoms with Gasteiger partial charge in [-0.05, 0) is 74.8 Å². The summed E-state index contributed by atoms with van der Waals surface area (Å²) in [6.45, 7) is 6.43. The molecule has 0 radical (unpaired) electrons. The van der Waals surface area contributed by atoms with E-state index >= 15 is 0 Å². The normalized spacial score (nSPS) is 15.5. The SMILES string of the molecule is CNC1(C(N)=O)CCN(c2ccc(NC(=O)OC(C)(C)C)cc2NC(=O)c2csc(Br)n2)CC1. The molecule has 12 heteroatoms. The van der Waals surface area contributed by atoms with Crippen LogP contribution in [0.15, 0.2) is 27.5 Å². The fourth-order valence-corrected chi connectivity index (χ4v) is 4.69. The van der Waals surface area contributed by atoms with Gasteiger partial charge in [0.2, 0.25) is 5.91 Å². The summed E-state index contributed by atoms with van der Waals surface area (Å²) < 4.78 is 5.93. The van der Waals surface area contributed by atoms with E-state index < -0.39 is 17.2 Å². The number of carbonyl (C=O) groups is 3. The van der Waals surface area contributed by atoms with Crippen LogP contribution in [0.3, 0.4) is 0 Å². The molecule has 3 amide bonds. The third-order valence-corrected chi connectivity index (χ3v) is 6.87. The van der Waals surface area contributed by atoms with Gasteiger partial charge in [0.25, 0.3) is 5.91 Å². The second kappa shape index (κ2) is 10.3. The summed E-state index contributed by atoms with van der Waals surface area (Å²) in [7, 11) is 1.73. The van der Waals surface area contributed by atoms with Crippen molar-refractivity contribution >= 4 is 62.2 Å². The molecule has 1 aromatic heterocycles. The number of carbonyl (C=O) groups excluding carboxylic acids is 3. The van der Waals surface area contributed by atoms with Crippen LogP contribution < -0.4 is 26.6 Å². The minimum absolute atomic E-state index is 0.273. The quantitative estimate of drug-likeness (QED) is 0.429. The van der Waals surface area contributed by atoms with Crippen molar-refractivity contribution in [2.24, 2.45) is 5.73 Å². The monoisotopic (exact) mass is 552 g/mol. The number of aromatic nitrogens is 1. The number of anilines is 3. The molecule has 0 atom stereocenters. The van der Waals surface area contributed by atoms with E-state index in [1.807, 2.05) is 6.07 Å². The Morgan fingerprint density at radius 3 is 2.41 bits per heavy atom. The first-order valence-corrected chi connectivity index (χ1v) is 12.4. The second-order valence-electron chi connectivity index (χ2n) is 8.98. The number of nitrogens with zero attached hydrogens (tertiary/aromatic N) is 2. The van der Waals surface area contributed by atoms with Crippen LogP contribution in [0.4, 0.5) is 21.9 Å². The van der Waals surface area contributed by atoms with Gasteiger partial charge >= 0.3 is 6.09 Å². The van der Waals surface area contributed by atoms with E-state index in [9.17, 15) is 14.4 Å². The molecule has 10 nitrogen and oxygen atoms in total. The third kappa shape index (κ3) is 6.24. The zero-order valence-electron chi connectivity index (χ0n) is 19.5. The number of benzene rings is 1. The van der Waals surface area contributed by atoms with Crippen molar-refractivity contribution in [3.05, 3.63) is 33.2 Å². The topological polar surface area (TPSA) is 139 Å². The Kier molecular flexibility index (Phi) is 7.84. The standard InChI is InChI=1S/C22H29BrN6O4S/c1-21(2,3)33-20(32)26-13-5-6-16(29-9-7-22(25-4,8-10-29)18(24)31)14(11-13)27-17(30)15-12-34-19(23)28-15/h5-6,11-12,25H,7-10H2,1-4H3,(H2,24,31)(H,26,32)(H,27,30). The van der Waals surface area contributed by atoms with Crippen LogP contribution in [0, 0.1) is 0 Å². The average molecular weight is 553 g/mol. The van der Waals surface area contributed by atoms with E-state index in [1.54, 1.807) is 45.3 Å². The smallest absolute Gasteiger partial charge is 0.412 e. The molecule has 1 saturated heterocycles. The minimum Gasteiger partial charge on any atom is -0.444 e. The molecule has 0 saturated carbocycles. The van der Waals surface area contributed by atoms with Crippen LogP contribution in [0.25, 0.3) is 0 Å². The third-order valence-electron chi connectivity index (χ3n) is 5.51. The van der Waals surface area contributed by atoms with Gasteiger partial charge in [-0.2, -0.15) is 0 Å². The summed E-state index contributed by atoms with van der Waals surface area (Å²) >= 11 is 4.58. The number of nitrogens with one attached hydrogen (secondary N) is 3. The zero-order chi connectivity index (χ0) is 25.1. The van der Waals surface area contributed by atoms with Crippen molar-refractivity contribution in [3.8, 4) is 0 Å². The molecule has 1 aliphatic heterocycles. The van der Waals surface area contributed by atoms with E-state index in [-0.39, 0.29) is 17.5 Å². The number of hydrogen-bond donors (Lipinski definition) is 4. The van der Waals surface area contributed by atoms with Gasteiger partial charge in [-0.15, -0.1) is 11.3 Å². The van der Waals surface area contributed by atoms with Crippen LogP contribution in [0.5, 0.6) is 0 Å². The lowest BCUT2D eigenvalue weighted by atomic mass is 9.86. The highest BCUT2D eigenvalue weighted by atomic mass is 79.9. The molecule has 0 bridgehead atoms. The number of likely N-dealkylation sites (N-methyl/N-ethyl adjacent to an activating group) is 1. The lowest BCUT2D eigenvalue weighted by molar-refractivity contribution is -0.125. The van der Waals surface area contributed by atoms with Crippen molar-refractivity contribution < 1.29 is 19.1 Å². The Hall–Kier alpha value is -2.70. The molecule has 0 unspecified atom stereocenters. The van der Waals surface area contributed by atoms with Gasteiger partial charge in [-0.1, -0.05) is 0 Å². The summed E-state index contributed by atoms with van der Waals surface area (Å²) in [6, 6.07) is 5.23.